The number of rotatable bonds is 5. The van der Waals surface area contributed by atoms with Crippen LogP contribution in [0.5, 0.6) is 11.5 Å². The number of aliphatic hydroxyl groups is 1. The Morgan fingerprint density at radius 3 is 2.55 bits per heavy atom. The van der Waals surface area contributed by atoms with Gasteiger partial charge in [-0.05, 0) is 74.8 Å². The van der Waals surface area contributed by atoms with Gasteiger partial charge in [0.25, 0.3) is 0 Å². The number of ether oxygens (including phenoxy) is 1. The number of carbonyl (C=O) groups is 3. The number of nitrogens with one attached hydrogen (secondary N) is 1. The van der Waals surface area contributed by atoms with Crippen LogP contribution in [0, 0.1) is 5.92 Å². The summed E-state index contributed by atoms with van der Waals surface area (Å²) >= 11 is 0. The number of piperidine rings is 1. The molecule has 0 unspecified atom stereocenters. The molecule has 40 heavy (non-hydrogen) atoms. The summed E-state index contributed by atoms with van der Waals surface area (Å²) in [6.45, 7) is 1.95. The summed E-state index contributed by atoms with van der Waals surface area (Å²) in [6.07, 6.45) is 11.3. The second kappa shape index (κ2) is 9.67. The van der Waals surface area contributed by atoms with Gasteiger partial charge in [0.15, 0.2) is 11.5 Å². The van der Waals surface area contributed by atoms with E-state index in [1.165, 1.54) is 18.9 Å². The maximum Gasteiger partial charge on any atom is 0.414 e. The van der Waals surface area contributed by atoms with E-state index in [1.54, 1.807) is 30.7 Å². The number of hydrogen-bond acceptors (Lipinski definition) is 8. The molecule has 11 nitrogen and oxygen atoms in total. The van der Waals surface area contributed by atoms with Crippen LogP contribution in [-0.4, -0.2) is 80.1 Å². The minimum atomic E-state index is -1.82. The Morgan fingerprint density at radius 1 is 1.10 bits per heavy atom. The molecular weight excluding hydrogens is 520 g/mol. The minimum absolute atomic E-state index is 0.0357. The maximum atomic E-state index is 12.8. The van der Waals surface area contributed by atoms with Gasteiger partial charge in [-0.1, -0.05) is 6.07 Å². The van der Waals surface area contributed by atoms with E-state index in [9.17, 15) is 15.0 Å². The van der Waals surface area contributed by atoms with Crippen molar-refractivity contribution in [3.05, 3.63) is 53.5 Å². The Bertz CT molecular complexity index is 1360. The standard InChI is InChI=1S/C27H30N2O5.C2H2O4/c30-20-5-4-18-13-21-27(32)9-7-19(28-22(31)6-3-17-8-12-33-15-17)25-26(27,23(18)24(20)34-25)10-11-29(21)14-16-1-2-16;3-1(4)2(5)6/h3-6,8,12,15-16,19,21,25,30,32H,1-2,7,9-11,13-14H2,(H,28,31);(H,3,4)(H,5,6)/b6-3+;/t19-,21-,25+,26+,27-;/m1./s1. The van der Waals surface area contributed by atoms with Gasteiger partial charge in [0, 0.05) is 29.8 Å². The Labute approximate surface area is 230 Å². The molecule has 5 N–H and O–H groups in total. The zero-order valence-corrected chi connectivity index (χ0v) is 21.8. The zero-order chi connectivity index (χ0) is 28.2. The van der Waals surface area contributed by atoms with Crippen molar-refractivity contribution in [3.8, 4) is 11.5 Å². The number of hydrogen-bond donors (Lipinski definition) is 5. The van der Waals surface area contributed by atoms with Gasteiger partial charge in [0.2, 0.25) is 5.91 Å². The molecule has 1 aromatic heterocycles. The first kappa shape index (κ1) is 26.4. The van der Waals surface area contributed by atoms with Gasteiger partial charge in [-0.25, -0.2) is 9.59 Å². The molecule has 5 atom stereocenters. The van der Waals surface area contributed by atoms with E-state index in [4.69, 9.17) is 29.0 Å². The molecular formula is C29H32N2O9. The number of amides is 1. The number of aromatic hydroxyl groups is 1. The molecule has 0 radical (unpaired) electrons. The number of carbonyl (C=O) groups excluding carboxylic acids is 1. The fourth-order valence-corrected chi connectivity index (χ4v) is 7.40. The Balaban J connectivity index is 0.000000438. The molecule has 3 heterocycles. The SMILES string of the molecule is O=C(/C=C/c1ccoc1)N[C@@H]1CC[C@@]2(O)[C@H]3Cc4ccc(O)c5c4[C@@]2(CCN3CC2CC2)[C@H]1O5.O=C(O)C(=O)O. The number of carboxylic acid groups (broad SMARTS) is 2. The summed E-state index contributed by atoms with van der Waals surface area (Å²) in [7, 11) is 0. The molecule has 2 saturated carbocycles. The molecule has 3 fully saturated rings. The molecule has 5 aliphatic rings. The normalized spacial score (nSPS) is 31.5. The van der Waals surface area contributed by atoms with Gasteiger partial charge >= 0.3 is 11.9 Å². The van der Waals surface area contributed by atoms with E-state index < -0.39 is 29.1 Å². The molecule has 2 aromatic rings. The van der Waals surface area contributed by atoms with Crippen molar-refractivity contribution in [2.75, 3.05) is 13.1 Å². The summed E-state index contributed by atoms with van der Waals surface area (Å²) in [5.41, 5.74) is 1.41. The van der Waals surface area contributed by atoms with E-state index in [1.807, 2.05) is 6.07 Å². The number of carboxylic acids is 2. The summed E-state index contributed by atoms with van der Waals surface area (Å²) in [6, 6.07) is 5.30. The topological polar surface area (TPSA) is 170 Å². The molecule has 7 rings (SSSR count). The molecule has 1 amide bonds. The largest absolute Gasteiger partial charge is 0.504 e. The van der Waals surface area contributed by atoms with Gasteiger partial charge < -0.3 is 34.9 Å². The van der Waals surface area contributed by atoms with Crippen LogP contribution in [0.15, 0.2) is 41.2 Å². The number of aliphatic carboxylic acids is 2. The quantitative estimate of drug-likeness (QED) is 0.273. The Morgan fingerprint density at radius 2 is 1.88 bits per heavy atom. The first-order chi connectivity index (χ1) is 19.1. The van der Waals surface area contributed by atoms with E-state index in [0.29, 0.717) is 18.6 Å². The average molecular weight is 553 g/mol. The molecule has 3 aliphatic carbocycles. The van der Waals surface area contributed by atoms with E-state index in [0.717, 1.165) is 48.5 Å². The summed E-state index contributed by atoms with van der Waals surface area (Å²) in [5.74, 6) is -2.47. The predicted octanol–water partition coefficient (Wildman–Crippen LogP) is 1.90. The third kappa shape index (κ3) is 4.15. The number of nitrogens with zero attached hydrogens (tertiary/aromatic N) is 1. The first-order valence-electron chi connectivity index (χ1n) is 13.6. The molecule has 2 bridgehead atoms. The van der Waals surface area contributed by atoms with Crippen LogP contribution >= 0.6 is 0 Å². The molecule has 11 heteroatoms. The van der Waals surface area contributed by atoms with Gasteiger partial charge in [0.05, 0.1) is 29.6 Å². The van der Waals surface area contributed by atoms with Crippen molar-refractivity contribution in [3.63, 3.8) is 0 Å². The fraction of sp³-hybridized carbons (Fsp3) is 0.483. The number of phenols is 1. The summed E-state index contributed by atoms with van der Waals surface area (Å²) in [4.78, 5) is 33.5. The smallest absolute Gasteiger partial charge is 0.414 e. The van der Waals surface area contributed by atoms with Gasteiger partial charge in [-0.15, -0.1) is 0 Å². The second-order valence-electron chi connectivity index (χ2n) is 11.4. The van der Waals surface area contributed by atoms with Crippen molar-refractivity contribution in [1.29, 1.82) is 0 Å². The highest BCUT2D eigenvalue weighted by Crippen LogP contribution is 2.65. The summed E-state index contributed by atoms with van der Waals surface area (Å²) in [5, 5.41) is 41.1. The number of furan rings is 1. The third-order valence-corrected chi connectivity index (χ3v) is 9.24. The second-order valence-corrected chi connectivity index (χ2v) is 11.4. The van der Waals surface area contributed by atoms with Crippen LogP contribution in [0.1, 0.15) is 48.8 Å². The van der Waals surface area contributed by atoms with E-state index in [2.05, 4.69) is 10.2 Å². The highest BCUT2D eigenvalue weighted by Gasteiger charge is 2.73. The number of likely N-dealkylation sites (tertiary alicyclic amines) is 1. The monoisotopic (exact) mass is 552 g/mol. The van der Waals surface area contributed by atoms with Crippen molar-refractivity contribution < 1.29 is 44.0 Å². The van der Waals surface area contributed by atoms with Crippen molar-refractivity contribution in [2.24, 2.45) is 5.92 Å². The third-order valence-electron chi connectivity index (χ3n) is 9.24. The van der Waals surface area contributed by atoms with Crippen LogP contribution < -0.4 is 10.1 Å². The lowest BCUT2D eigenvalue weighted by Crippen LogP contribution is -2.78. The van der Waals surface area contributed by atoms with Crippen molar-refractivity contribution in [2.45, 2.75) is 67.7 Å². The lowest BCUT2D eigenvalue weighted by atomic mass is 9.48. The van der Waals surface area contributed by atoms with Gasteiger partial charge in [-0.3, -0.25) is 9.69 Å². The molecule has 1 saturated heterocycles. The highest BCUT2D eigenvalue weighted by molar-refractivity contribution is 6.27. The highest BCUT2D eigenvalue weighted by atomic mass is 16.5. The lowest BCUT2D eigenvalue weighted by Gasteiger charge is -2.64. The molecule has 212 valence electrons. The summed E-state index contributed by atoms with van der Waals surface area (Å²) < 4.78 is 11.5. The van der Waals surface area contributed by atoms with Crippen molar-refractivity contribution >= 4 is 23.9 Å². The van der Waals surface area contributed by atoms with Crippen molar-refractivity contribution in [1.82, 2.24) is 10.2 Å². The number of phenolic OH excluding ortho intramolecular Hbond substituents is 1. The first-order valence-corrected chi connectivity index (χ1v) is 13.6. The average Bonchev–Trinajstić information content (AvgIpc) is 3.42. The predicted molar refractivity (Wildman–Crippen MR) is 140 cm³/mol. The lowest BCUT2D eigenvalue weighted by molar-refractivity contribution is -0.192. The zero-order valence-electron chi connectivity index (χ0n) is 21.8. The van der Waals surface area contributed by atoms with Crippen LogP contribution in [0.3, 0.4) is 0 Å². The minimum Gasteiger partial charge on any atom is -0.504 e. The number of benzene rings is 1. The molecule has 1 aromatic carbocycles. The van der Waals surface area contributed by atoms with Gasteiger partial charge in [0.1, 0.15) is 6.10 Å². The molecule has 1 spiro atoms. The Hall–Kier alpha value is -3.83. The Kier molecular flexibility index (Phi) is 6.38. The van der Waals surface area contributed by atoms with E-state index in [-0.39, 0.29) is 23.7 Å². The molecule has 2 aliphatic heterocycles. The van der Waals surface area contributed by atoms with Gasteiger partial charge in [-0.2, -0.15) is 0 Å². The van der Waals surface area contributed by atoms with Crippen LogP contribution in [0.25, 0.3) is 6.08 Å². The van der Waals surface area contributed by atoms with Crippen LogP contribution in [0.4, 0.5) is 0 Å². The van der Waals surface area contributed by atoms with Crippen LogP contribution in [0.2, 0.25) is 0 Å². The maximum absolute atomic E-state index is 12.8. The fourth-order valence-electron chi connectivity index (χ4n) is 7.40. The van der Waals surface area contributed by atoms with Crippen LogP contribution in [-0.2, 0) is 26.2 Å². The van der Waals surface area contributed by atoms with E-state index >= 15 is 0 Å².